The smallest absolute Gasteiger partial charge is 0.260 e. The third-order valence-corrected chi connectivity index (χ3v) is 6.06. The van der Waals surface area contributed by atoms with Gasteiger partial charge in [0.2, 0.25) is 0 Å². The Morgan fingerprint density at radius 2 is 1.71 bits per heavy atom. The molecule has 1 amide bonds. The molecule has 0 aliphatic heterocycles. The molecule has 0 atom stereocenters. The molecule has 2 aromatic carbocycles. The SMILES string of the molecule is Cc1cc(C)c2nc(N(CCCN(C)C)C(=O)c3ccc(C)c(C)c3)sc2c1. The minimum absolute atomic E-state index is 0.0234. The van der Waals surface area contributed by atoms with Gasteiger partial charge >= 0.3 is 0 Å². The second kappa shape index (κ2) is 8.41. The minimum atomic E-state index is 0.0234. The van der Waals surface area contributed by atoms with Crippen LogP contribution in [0.15, 0.2) is 30.3 Å². The first-order valence-corrected chi connectivity index (χ1v) is 10.5. The van der Waals surface area contributed by atoms with E-state index in [4.69, 9.17) is 4.98 Å². The van der Waals surface area contributed by atoms with Gasteiger partial charge in [0, 0.05) is 12.1 Å². The fourth-order valence-corrected chi connectivity index (χ4v) is 4.50. The topological polar surface area (TPSA) is 36.4 Å². The van der Waals surface area contributed by atoms with Gasteiger partial charge in [0.1, 0.15) is 0 Å². The molecule has 0 saturated heterocycles. The number of hydrogen-bond acceptors (Lipinski definition) is 4. The van der Waals surface area contributed by atoms with Crippen LogP contribution >= 0.6 is 11.3 Å². The van der Waals surface area contributed by atoms with Crippen molar-refractivity contribution >= 4 is 32.6 Å². The summed E-state index contributed by atoms with van der Waals surface area (Å²) in [6, 6.07) is 10.2. The number of aryl methyl sites for hydroxylation is 4. The van der Waals surface area contributed by atoms with Gasteiger partial charge in [0.25, 0.3) is 5.91 Å². The quantitative estimate of drug-likeness (QED) is 0.581. The molecule has 0 unspecified atom stereocenters. The summed E-state index contributed by atoms with van der Waals surface area (Å²) in [5, 5.41) is 0.783. The molecule has 0 aliphatic carbocycles. The van der Waals surface area contributed by atoms with Crippen molar-refractivity contribution in [3.05, 3.63) is 58.1 Å². The average molecular weight is 396 g/mol. The Hall–Kier alpha value is -2.24. The standard InChI is InChI=1S/C23H29N3OS/c1-15-12-18(4)21-20(13-15)28-23(24-21)26(11-7-10-25(5)6)22(27)19-9-8-16(2)17(3)14-19/h8-9,12-14H,7,10-11H2,1-6H3. The van der Waals surface area contributed by atoms with Gasteiger partial charge in [-0.05, 0) is 95.2 Å². The first kappa shape index (κ1) is 20.5. The molecule has 28 heavy (non-hydrogen) atoms. The van der Waals surface area contributed by atoms with Gasteiger partial charge in [-0.15, -0.1) is 0 Å². The van der Waals surface area contributed by atoms with Crippen molar-refractivity contribution in [3.8, 4) is 0 Å². The number of amides is 1. The Balaban J connectivity index is 1.99. The molecule has 4 nitrogen and oxygen atoms in total. The summed E-state index contributed by atoms with van der Waals surface area (Å²) < 4.78 is 1.14. The molecule has 0 fully saturated rings. The maximum absolute atomic E-state index is 13.4. The van der Waals surface area contributed by atoms with Crippen LogP contribution in [0.5, 0.6) is 0 Å². The summed E-state index contributed by atoms with van der Waals surface area (Å²) in [4.78, 5) is 22.2. The van der Waals surface area contributed by atoms with Gasteiger partial charge in [0.05, 0.1) is 10.2 Å². The Bertz CT molecular complexity index is 1010. The van der Waals surface area contributed by atoms with E-state index in [2.05, 4.69) is 51.9 Å². The number of benzene rings is 2. The number of fused-ring (bicyclic) bond motifs is 1. The third kappa shape index (κ3) is 4.42. The molecular weight excluding hydrogens is 366 g/mol. The highest BCUT2D eigenvalue weighted by atomic mass is 32.1. The zero-order valence-corrected chi connectivity index (χ0v) is 18.5. The molecule has 0 aliphatic rings. The van der Waals surface area contributed by atoms with Crippen molar-refractivity contribution in [2.45, 2.75) is 34.1 Å². The zero-order valence-electron chi connectivity index (χ0n) is 17.7. The molecule has 3 rings (SSSR count). The monoisotopic (exact) mass is 395 g/mol. The first-order valence-electron chi connectivity index (χ1n) is 9.68. The van der Waals surface area contributed by atoms with Crippen molar-refractivity contribution < 1.29 is 4.79 Å². The van der Waals surface area contributed by atoms with E-state index < -0.39 is 0 Å². The molecule has 0 spiro atoms. The number of carbonyl (C=O) groups excluding carboxylic acids is 1. The van der Waals surface area contributed by atoms with Gasteiger partial charge in [-0.25, -0.2) is 4.98 Å². The number of rotatable bonds is 6. The number of hydrogen-bond donors (Lipinski definition) is 0. The molecule has 148 valence electrons. The van der Waals surface area contributed by atoms with Crippen molar-refractivity contribution in [2.75, 3.05) is 32.1 Å². The van der Waals surface area contributed by atoms with Gasteiger partial charge in [-0.1, -0.05) is 23.5 Å². The summed E-state index contributed by atoms with van der Waals surface area (Å²) in [6.07, 6.45) is 0.900. The molecule has 0 N–H and O–H groups in total. The number of carbonyl (C=O) groups is 1. The van der Waals surface area contributed by atoms with Crippen LogP contribution in [0.4, 0.5) is 5.13 Å². The lowest BCUT2D eigenvalue weighted by Crippen LogP contribution is -2.33. The summed E-state index contributed by atoms with van der Waals surface area (Å²) in [6.45, 7) is 9.88. The van der Waals surface area contributed by atoms with Crippen molar-refractivity contribution in [2.24, 2.45) is 0 Å². The predicted molar refractivity (Wildman–Crippen MR) is 120 cm³/mol. The van der Waals surface area contributed by atoms with E-state index in [9.17, 15) is 4.79 Å². The highest BCUT2D eigenvalue weighted by Crippen LogP contribution is 2.32. The van der Waals surface area contributed by atoms with E-state index in [0.717, 1.165) is 45.0 Å². The van der Waals surface area contributed by atoms with Crippen LogP contribution in [0.3, 0.4) is 0 Å². The first-order chi connectivity index (χ1) is 13.3. The maximum Gasteiger partial charge on any atom is 0.260 e. The van der Waals surface area contributed by atoms with Crippen LogP contribution in [-0.2, 0) is 0 Å². The molecule has 0 saturated carbocycles. The van der Waals surface area contributed by atoms with Crippen LogP contribution in [0, 0.1) is 27.7 Å². The summed E-state index contributed by atoms with van der Waals surface area (Å²) >= 11 is 1.60. The summed E-state index contributed by atoms with van der Waals surface area (Å²) in [7, 11) is 4.11. The largest absolute Gasteiger partial charge is 0.309 e. The lowest BCUT2D eigenvalue weighted by Gasteiger charge is -2.21. The van der Waals surface area contributed by atoms with E-state index in [1.165, 1.54) is 11.1 Å². The molecule has 1 aromatic heterocycles. The maximum atomic E-state index is 13.4. The van der Waals surface area contributed by atoms with Crippen LogP contribution in [0.2, 0.25) is 0 Å². The van der Waals surface area contributed by atoms with Crippen molar-refractivity contribution in [1.82, 2.24) is 9.88 Å². The zero-order chi connectivity index (χ0) is 20.4. The fraction of sp³-hybridized carbons (Fsp3) is 0.391. The Morgan fingerprint density at radius 1 is 0.964 bits per heavy atom. The molecular formula is C23H29N3OS. The highest BCUT2D eigenvalue weighted by molar-refractivity contribution is 7.22. The predicted octanol–water partition coefficient (Wildman–Crippen LogP) is 5.13. The van der Waals surface area contributed by atoms with Crippen molar-refractivity contribution in [3.63, 3.8) is 0 Å². The summed E-state index contributed by atoms with van der Waals surface area (Å²) in [5.74, 6) is 0.0234. The van der Waals surface area contributed by atoms with E-state index in [0.29, 0.717) is 6.54 Å². The highest BCUT2D eigenvalue weighted by Gasteiger charge is 2.22. The van der Waals surface area contributed by atoms with E-state index in [-0.39, 0.29) is 5.91 Å². The average Bonchev–Trinajstić information content (AvgIpc) is 3.04. The molecule has 1 heterocycles. The van der Waals surface area contributed by atoms with E-state index in [1.807, 2.05) is 30.0 Å². The Kier molecular flexibility index (Phi) is 6.16. The second-order valence-corrected chi connectivity index (χ2v) is 8.85. The number of anilines is 1. The molecule has 5 heteroatoms. The van der Waals surface area contributed by atoms with E-state index >= 15 is 0 Å². The van der Waals surface area contributed by atoms with Crippen LogP contribution in [0.25, 0.3) is 10.2 Å². The van der Waals surface area contributed by atoms with Gasteiger partial charge < -0.3 is 4.90 Å². The molecule has 0 bridgehead atoms. The normalized spacial score (nSPS) is 11.4. The minimum Gasteiger partial charge on any atom is -0.309 e. The van der Waals surface area contributed by atoms with E-state index in [1.54, 1.807) is 11.3 Å². The van der Waals surface area contributed by atoms with Gasteiger partial charge in [-0.2, -0.15) is 0 Å². The number of thiazole rings is 1. The Morgan fingerprint density at radius 3 is 2.39 bits per heavy atom. The number of nitrogens with zero attached hydrogens (tertiary/aromatic N) is 3. The van der Waals surface area contributed by atoms with Crippen molar-refractivity contribution in [1.29, 1.82) is 0 Å². The summed E-state index contributed by atoms with van der Waals surface area (Å²) in [5.41, 5.74) is 6.43. The fourth-order valence-electron chi connectivity index (χ4n) is 3.33. The number of aromatic nitrogens is 1. The van der Waals surface area contributed by atoms with Crippen LogP contribution < -0.4 is 4.90 Å². The van der Waals surface area contributed by atoms with Gasteiger partial charge in [-0.3, -0.25) is 9.69 Å². The van der Waals surface area contributed by atoms with Crippen LogP contribution in [-0.4, -0.2) is 43.0 Å². The van der Waals surface area contributed by atoms with Gasteiger partial charge in [0.15, 0.2) is 5.13 Å². The lowest BCUT2D eigenvalue weighted by molar-refractivity contribution is 0.0986. The second-order valence-electron chi connectivity index (χ2n) is 7.84. The molecule has 0 radical (unpaired) electrons. The van der Waals surface area contributed by atoms with Crippen LogP contribution in [0.1, 0.15) is 39.0 Å². The third-order valence-electron chi connectivity index (χ3n) is 5.04. The molecule has 3 aromatic rings. The Labute approximate surface area is 171 Å². The lowest BCUT2D eigenvalue weighted by atomic mass is 10.1.